The highest BCUT2D eigenvalue weighted by Crippen LogP contribution is 2.28. The lowest BCUT2D eigenvalue weighted by Crippen LogP contribution is -2.45. The number of nitrogens with one attached hydrogen (secondary N) is 1. The van der Waals surface area contributed by atoms with Crippen LogP contribution in [0.15, 0.2) is 48.8 Å². The molecule has 1 unspecified atom stereocenters. The lowest BCUT2D eigenvalue weighted by molar-refractivity contribution is 0.0593. The maximum atomic E-state index is 12.3. The molecule has 9 heteroatoms. The van der Waals surface area contributed by atoms with E-state index in [9.17, 15) is 9.90 Å². The van der Waals surface area contributed by atoms with Gasteiger partial charge in [-0.1, -0.05) is 29.3 Å². The molecule has 0 radical (unpaired) electrons. The topological polar surface area (TPSA) is 79.1 Å². The molecule has 1 aliphatic heterocycles. The molecule has 1 fully saturated rings. The van der Waals surface area contributed by atoms with Crippen LogP contribution in [0, 0.1) is 0 Å². The molecule has 1 aliphatic rings. The fourth-order valence-corrected chi connectivity index (χ4v) is 3.95. The number of pyridine rings is 1. The monoisotopic (exact) mass is 462 g/mol. The second-order valence-electron chi connectivity index (χ2n) is 7.65. The Bertz CT molecular complexity index is 1020. The summed E-state index contributed by atoms with van der Waals surface area (Å²) in [5.74, 6) is 0.416. The van der Waals surface area contributed by atoms with E-state index < -0.39 is 6.10 Å². The summed E-state index contributed by atoms with van der Waals surface area (Å²) in [4.78, 5) is 18.8. The number of nitrogens with zero attached hydrogens (tertiary/aromatic N) is 3. The van der Waals surface area contributed by atoms with Crippen LogP contribution in [-0.4, -0.2) is 63.7 Å². The number of β-amino-alcohol motifs (C(OH)–C–C–N with tert-alkyl or cyclic N) is 1. The molecule has 1 amide bonds. The first kappa shape index (κ1) is 21.9. The highest BCUT2D eigenvalue weighted by atomic mass is 35.5. The van der Waals surface area contributed by atoms with Gasteiger partial charge >= 0.3 is 0 Å². The smallest absolute Gasteiger partial charge is 0.271 e. The number of fused-ring (bicyclic) bond motifs is 1. The minimum atomic E-state index is -0.659. The second-order valence-corrected chi connectivity index (χ2v) is 8.46. The van der Waals surface area contributed by atoms with Crippen LogP contribution in [0.4, 0.5) is 0 Å². The number of amides is 1. The van der Waals surface area contributed by atoms with Crippen LogP contribution < -0.4 is 10.1 Å². The predicted octanol–water partition coefficient (Wildman–Crippen LogP) is 3.28. The molecule has 0 aliphatic carbocycles. The summed E-state index contributed by atoms with van der Waals surface area (Å²) < 4.78 is 7.79. The normalized spacial score (nSPS) is 16.4. The van der Waals surface area contributed by atoms with Crippen molar-refractivity contribution in [1.29, 1.82) is 0 Å². The third-order valence-corrected chi connectivity index (χ3v) is 6.03. The molecule has 0 bridgehead atoms. The minimum absolute atomic E-state index is 0.0976. The molecule has 1 atom stereocenters. The summed E-state index contributed by atoms with van der Waals surface area (Å²) in [6.45, 7) is 2.28. The number of halogens is 2. The van der Waals surface area contributed by atoms with Crippen LogP contribution in [0.25, 0.3) is 5.65 Å². The van der Waals surface area contributed by atoms with E-state index in [1.54, 1.807) is 22.7 Å². The molecule has 4 rings (SSSR count). The van der Waals surface area contributed by atoms with Crippen LogP contribution in [0.1, 0.15) is 23.3 Å². The number of likely N-dealkylation sites (tertiary alicyclic amines) is 1. The first-order valence-electron chi connectivity index (χ1n) is 10.2. The molecule has 164 valence electrons. The Labute approximate surface area is 190 Å². The molecule has 3 aromatic rings. The molecule has 1 aromatic carbocycles. The van der Waals surface area contributed by atoms with Gasteiger partial charge in [0.05, 0.1) is 16.1 Å². The third-order valence-electron chi connectivity index (χ3n) is 5.29. The summed E-state index contributed by atoms with van der Waals surface area (Å²) in [6.07, 6.45) is 4.65. The Morgan fingerprint density at radius 1 is 1.23 bits per heavy atom. The molecule has 2 N–H and O–H groups in total. The molecular weight excluding hydrogens is 439 g/mol. The van der Waals surface area contributed by atoms with E-state index in [1.807, 2.05) is 30.5 Å². The Hall–Kier alpha value is -2.32. The number of carbonyl (C=O) groups is 1. The number of hydrogen-bond acceptors (Lipinski definition) is 5. The minimum Gasteiger partial charge on any atom is -0.490 e. The first-order chi connectivity index (χ1) is 15.0. The van der Waals surface area contributed by atoms with Crippen LogP contribution in [0.2, 0.25) is 10.0 Å². The fraction of sp³-hybridized carbons (Fsp3) is 0.364. The SMILES string of the molecule is O=C(NCC(O)CN1CCC(Oc2ccc(Cl)c(Cl)c2)CC1)c1cn2ccccc2n1. The third kappa shape index (κ3) is 5.68. The Kier molecular flexibility index (Phi) is 6.97. The van der Waals surface area contributed by atoms with Gasteiger partial charge in [0.25, 0.3) is 5.91 Å². The molecule has 0 spiro atoms. The number of aliphatic hydroxyl groups excluding tert-OH is 1. The maximum absolute atomic E-state index is 12.3. The van der Waals surface area contributed by atoms with E-state index in [-0.39, 0.29) is 18.6 Å². The molecule has 2 aromatic heterocycles. The van der Waals surface area contributed by atoms with Gasteiger partial charge in [-0.05, 0) is 37.1 Å². The van der Waals surface area contributed by atoms with Crippen molar-refractivity contribution in [1.82, 2.24) is 19.6 Å². The molecule has 1 saturated heterocycles. The number of rotatable bonds is 7. The Morgan fingerprint density at radius 3 is 2.77 bits per heavy atom. The number of piperidine rings is 1. The maximum Gasteiger partial charge on any atom is 0.271 e. The van der Waals surface area contributed by atoms with Crippen molar-refractivity contribution < 1.29 is 14.6 Å². The van der Waals surface area contributed by atoms with E-state index in [2.05, 4.69) is 15.2 Å². The zero-order valence-electron chi connectivity index (χ0n) is 16.9. The van der Waals surface area contributed by atoms with Gasteiger partial charge in [-0.2, -0.15) is 0 Å². The Balaban J connectivity index is 1.19. The predicted molar refractivity (Wildman–Crippen MR) is 120 cm³/mol. The highest BCUT2D eigenvalue weighted by Gasteiger charge is 2.23. The molecule has 0 saturated carbocycles. The van der Waals surface area contributed by atoms with Gasteiger partial charge in [0, 0.05) is 44.6 Å². The van der Waals surface area contributed by atoms with Gasteiger partial charge in [0.15, 0.2) is 0 Å². The number of carbonyl (C=O) groups excluding carboxylic acids is 1. The first-order valence-corrected chi connectivity index (χ1v) is 11.0. The standard InChI is InChI=1S/C22H24Cl2N4O3/c23-18-5-4-17(11-19(18)24)31-16-6-9-27(10-7-16)13-15(29)12-25-22(30)20-14-28-8-2-1-3-21(28)26-20/h1-5,8,11,14-16,29H,6-7,9-10,12-13H2,(H,25,30). The summed E-state index contributed by atoms with van der Waals surface area (Å²) in [6, 6.07) is 10.8. The van der Waals surface area contributed by atoms with Crippen LogP contribution in [0.5, 0.6) is 5.75 Å². The lowest BCUT2D eigenvalue weighted by atomic mass is 10.1. The summed E-state index contributed by atoms with van der Waals surface area (Å²) in [5, 5.41) is 14.1. The van der Waals surface area contributed by atoms with Crippen molar-refractivity contribution in [3.05, 3.63) is 64.5 Å². The van der Waals surface area contributed by atoms with Gasteiger partial charge in [0.2, 0.25) is 0 Å². The zero-order chi connectivity index (χ0) is 21.8. The summed E-state index contributed by atoms with van der Waals surface area (Å²) in [5.41, 5.74) is 1.04. The number of aromatic nitrogens is 2. The average molecular weight is 463 g/mol. The quantitative estimate of drug-likeness (QED) is 0.563. The fourth-order valence-electron chi connectivity index (χ4n) is 3.66. The molecular formula is C22H24Cl2N4O3. The number of imidazole rings is 1. The van der Waals surface area contributed by atoms with Crippen molar-refractivity contribution in [2.75, 3.05) is 26.2 Å². The van der Waals surface area contributed by atoms with E-state index in [1.165, 1.54) is 0 Å². The van der Waals surface area contributed by atoms with Crippen molar-refractivity contribution in [3.63, 3.8) is 0 Å². The van der Waals surface area contributed by atoms with Gasteiger partial charge in [-0.15, -0.1) is 0 Å². The van der Waals surface area contributed by atoms with Crippen molar-refractivity contribution in [3.8, 4) is 5.75 Å². The van der Waals surface area contributed by atoms with Gasteiger partial charge in [-0.25, -0.2) is 4.98 Å². The largest absolute Gasteiger partial charge is 0.490 e. The lowest BCUT2D eigenvalue weighted by Gasteiger charge is -2.33. The van der Waals surface area contributed by atoms with Crippen molar-refractivity contribution in [2.45, 2.75) is 25.0 Å². The van der Waals surface area contributed by atoms with Gasteiger partial charge in [-0.3, -0.25) is 4.79 Å². The number of hydrogen-bond donors (Lipinski definition) is 2. The average Bonchev–Trinajstić information content (AvgIpc) is 3.20. The number of aliphatic hydroxyl groups is 1. The van der Waals surface area contributed by atoms with Crippen molar-refractivity contribution in [2.24, 2.45) is 0 Å². The van der Waals surface area contributed by atoms with Gasteiger partial charge in [0.1, 0.15) is 23.2 Å². The van der Waals surface area contributed by atoms with E-state index in [0.29, 0.717) is 33.7 Å². The zero-order valence-corrected chi connectivity index (χ0v) is 18.4. The Morgan fingerprint density at radius 2 is 2.03 bits per heavy atom. The van der Waals surface area contributed by atoms with Crippen molar-refractivity contribution >= 4 is 34.8 Å². The van der Waals surface area contributed by atoms with Crippen LogP contribution in [-0.2, 0) is 0 Å². The highest BCUT2D eigenvalue weighted by molar-refractivity contribution is 6.42. The molecule has 3 heterocycles. The van der Waals surface area contributed by atoms with Gasteiger partial charge < -0.3 is 24.5 Å². The second kappa shape index (κ2) is 9.87. The van der Waals surface area contributed by atoms with E-state index in [0.717, 1.165) is 25.9 Å². The molecule has 7 nitrogen and oxygen atoms in total. The number of ether oxygens (including phenoxy) is 1. The van der Waals surface area contributed by atoms with E-state index >= 15 is 0 Å². The van der Waals surface area contributed by atoms with Crippen LogP contribution in [0.3, 0.4) is 0 Å². The summed E-state index contributed by atoms with van der Waals surface area (Å²) >= 11 is 12.0. The van der Waals surface area contributed by atoms with Crippen LogP contribution >= 0.6 is 23.2 Å². The summed E-state index contributed by atoms with van der Waals surface area (Å²) in [7, 11) is 0. The molecule has 31 heavy (non-hydrogen) atoms. The number of benzene rings is 1. The van der Waals surface area contributed by atoms with E-state index in [4.69, 9.17) is 27.9 Å².